The second kappa shape index (κ2) is 9.00. The van der Waals surface area contributed by atoms with Gasteiger partial charge in [-0.2, -0.15) is 0 Å². The van der Waals surface area contributed by atoms with Crippen LogP contribution in [0.25, 0.3) is 0 Å². The van der Waals surface area contributed by atoms with Gasteiger partial charge in [-0.05, 0) is 18.9 Å². The lowest BCUT2D eigenvalue weighted by Crippen LogP contribution is -2.32. The summed E-state index contributed by atoms with van der Waals surface area (Å²) < 4.78 is 16.2. The summed E-state index contributed by atoms with van der Waals surface area (Å²) in [4.78, 5) is 0. The van der Waals surface area contributed by atoms with E-state index in [1.165, 1.54) is 12.8 Å². The van der Waals surface area contributed by atoms with Gasteiger partial charge in [0.2, 0.25) is 0 Å². The van der Waals surface area contributed by atoms with E-state index in [0.717, 1.165) is 11.3 Å². The number of aliphatic hydroxyl groups excluding tert-OH is 1. The molecule has 1 atom stereocenters. The van der Waals surface area contributed by atoms with Crippen LogP contribution in [0.3, 0.4) is 0 Å². The lowest BCUT2D eigenvalue weighted by atomic mass is 10.2. The van der Waals surface area contributed by atoms with E-state index in [2.05, 4.69) is 5.32 Å². The first-order valence-corrected chi connectivity index (χ1v) is 7.48. The lowest BCUT2D eigenvalue weighted by molar-refractivity contribution is 0.0590. The van der Waals surface area contributed by atoms with Crippen molar-refractivity contribution in [1.29, 1.82) is 0 Å². The van der Waals surface area contributed by atoms with Crippen LogP contribution < -0.4 is 10.1 Å². The lowest BCUT2D eigenvalue weighted by Gasteiger charge is -2.15. The Bertz CT molecular complexity index is 409. The number of hydrogen-bond donors (Lipinski definition) is 2. The van der Waals surface area contributed by atoms with E-state index in [0.29, 0.717) is 32.4 Å². The van der Waals surface area contributed by atoms with Crippen LogP contribution in [0.2, 0.25) is 0 Å². The Balaban J connectivity index is 1.72. The summed E-state index contributed by atoms with van der Waals surface area (Å²) in [5.74, 6) is 0.764. The maximum absolute atomic E-state index is 9.89. The van der Waals surface area contributed by atoms with Crippen LogP contribution in [0, 0.1) is 0 Å². The highest BCUT2D eigenvalue weighted by molar-refractivity contribution is 5.32. The maximum atomic E-state index is 9.89. The van der Waals surface area contributed by atoms with Crippen molar-refractivity contribution in [3.05, 3.63) is 29.8 Å². The zero-order chi connectivity index (χ0) is 14.9. The number of para-hydroxylation sites is 1. The van der Waals surface area contributed by atoms with Gasteiger partial charge in [-0.25, -0.2) is 0 Å². The van der Waals surface area contributed by atoms with Gasteiger partial charge in [0.05, 0.1) is 19.8 Å². The van der Waals surface area contributed by atoms with Crippen LogP contribution in [0.5, 0.6) is 5.75 Å². The summed E-state index contributed by atoms with van der Waals surface area (Å²) in [5, 5.41) is 13.2. The van der Waals surface area contributed by atoms with Gasteiger partial charge >= 0.3 is 0 Å². The van der Waals surface area contributed by atoms with E-state index in [9.17, 15) is 5.11 Å². The average molecular weight is 295 g/mol. The van der Waals surface area contributed by atoms with Crippen molar-refractivity contribution in [3.8, 4) is 5.75 Å². The summed E-state index contributed by atoms with van der Waals surface area (Å²) in [5.41, 5.74) is 0.982. The molecule has 1 aliphatic carbocycles. The molecule has 118 valence electrons. The molecular formula is C16H25NO4. The minimum Gasteiger partial charge on any atom is -0.490 e. The average Bonchev–Trinajstić information content (AvgIpc) is 3.33. The number of nitrogens with one attached hydrogen (secondary N) is 1. The molecule has 2 rings (SSSR count). The molecule has 0 aliphatic heterocycles. The molecule has 1 saturated carbocycles. The first-order valence-electron chi connectivity index (χ1n) is 7.48. The molecule has 1 fully saturated rings. The molecule has 21 heavy (non-hydrogen) atoms. The Kier molecular flexibility index (Phi) is 6.95. The van der Waals surface area contributed by atoms with Gasteiger partial charge in [0.15, 0.2) is 0 Å². The molecule has 1 aromatic carbocycles. The topological polar surface area (TPSA) is 60.0 Å². The predicted octanol–water partition coefficient (Wildman–Crippen LogP) is 1.34. The second-order valence-electron chi connectivity index (χ2n) is 5.30. The minimum absolute atomic E-state index is 0.287. The van der Waals surface area contributed by atoms with Gasteiger partial charge in [0, 0.05) is 25.3 Å². The largest absolute Gasteiger partial charge is 0.490 e. The Labute approximate surface area is 126 Å². The van der Waals surface area contributed by atoms with E-state index >= 15 is 0 Å². The van der Waals surface area contributed by atoms with Crippen molar-refractivity contribution in [1.82, 2.24) is 5.32 Å². The number of benzene rings is 1. The quantitative estimate of drug-likeness (QED) is 0.603. The number of aliphatic hydroxyl groups is 1. The van der Waals surface area contributed by atoms with E-state index in [-0.39, 0.29) is 6.61 Å². The number of ether oxygens (including phenoxy) is 3. The van der Waals surface area contributed by atoms with Gasteiger partial charge in [-0.1, -0.05) is 18.2 Å². The Morgan fingerprint density at radius 2 is 2.10 bits per heavy atom. The molecule has 5 heteroatoms. The van der Waals surface area contributed by atoms with Crippen LogP contribution in [-0.2, 0) is 16.1 Å². The van der Waals surface area contributed by atoms with Crippen LogP contribution in [0.4, 0.5) is 0 Å². The summed E-state index contributed by atoms with van der Waals surface area (Å²) in [7, 11) is 1.65. The zero-order valence-corrected chi connectivity index (χ0v) is 12.6. The summed E-state index contributed by atoms with van der Waals surface area (Å²) in [6.07, 6.45) is 1.94. The highest BCUT2D eigenvalue weighted by Crippen LogP contribution is 2.20. The van der Waals surface area contributed by atoms with Crippen LogP contribution in [0.15, 0.2) is 24.3 Å². The van der Waals surface area contributed by atoms with Crippen LogP contribution in [0.1, 0.15) is 18.4 Å². The molecule has 0 spiro atoms. The number of methoxy groups -OCH3 is 1. The standard InChI is InChI=1S/C16H25NO4/c1-19-8-9-20-11-13-4-2-3-5-16(13)21-12-15(18)10-17-14-6-7-14/h2-5,14-15,17-18H,6-12H2,1H3. The van der Waals surface area contributed by atoms with Crippen molar-refractivity contribution >= 4 is 0 Å². The third-order valence-electron chi connectivity index (χ3n) is 3.31. The van der Waals surface area contributed by atoms with Gasteiger partial charge in [-0.3, -0.25) is 0 Å². The molecule has 1 aliphatic rings. The third-order valence-corrected chi connectivity index (χ3v) is 3.31. The Morgan fingerprint density at radius 3 is 2.86 bits per heavy atom. The van der Waals surface area contributed by atoms with Gasteiger partial charge < -0.3 is 24.6 Å². The molecule has 2 N–H and O–H groups in total. The van der Waals surface area contributed by atoms with Crippen molar-refractivity contribution in [2.75, 3.05) is 33.5 Å². The fourth-order valence-electron chi connectivity index (χ4n) is 1.92. The van der Waals surface area contributed by atoms with E-state index in [1.807, 2.05) is 24.3 Å². The highest BCUT2D eigenvalue weighted by Gasteiger charge is 2.21. The molecule has 0 radical (unpaired) electrons. The second-order valence-corrected chi connectivity index (χ2v) is 5.30. The Hall–Kier alpha value is -1.14. The van der Waals surface area contributed by atoms with E-state index in [1.54, 1.807) is 7.11 Å². The normalized spacial score (nSPS) is 15.9. The number of rotatable bonds is 11. The summed E-state index contributed by atoms with van der Waals surface area (Å²) >= 11 is 0. The van der Waals surface area contributed by atoms with Gasteiger partial charge in [0.1, 0.15) is 18.5 Å². The predicted molar refractivity (Wildman–Crippen MR) is 80.5 cm³/mol. The smallest absolute Gasteiger partial charge is 0.124 e. The molecular weight excluding hydrogens is 270 g/mol. The third kappa shape index (κ3) is 6.44. The number of hydrogen-bond acceptors (Lipinski definition) is 5. The fourth-order valence-corrected chi connectivity index (χ4v) is 1.92. The Morgan fingerprint density at radius 1 is 1.29 bits per heavy atom. The molecule has 0 amide bonds. The van der Waals surface area contributed by atoms with Crippen LogP contribution in [-0.4, -0.2) is 50.7 Å². The van der Waals surface area contributed by atoms with E-state index in [4.69, 9.17) is 14.2 Å². The van der Waals surface area contributed by atoms with Gasteiger partial charge in [-0.15, -0.1) is 0 Å². The molecule has 5 nitrogen and oxygen atoms in total. The first kappa shape index (κ1) is 16.2. The molecule has 1 aromatic rings. The molecule has 1 unspecified atom stereocenters. The monoisotopic (exact) mass is 295 g/mol. The molecule has 0 heterocycles. The fraction of sp³-hybridized carbons (Fsp3) is 0.625. The molecule has 0 bridgehead atoms. The maximum Gasteiger partial charge on any atom is 0.124 e. The zero-order valence-electron chi connectivity index (χ0n) is 12.6. The van der Waals surface area contributed by atoms with Gasteiger partial charge in [0.25, 0.3) is 0 Å². The van der Waals surface area contributed by atoms with Crippen LogP contribution >= 0.6 is 0 Å². The molecule has 0 aromatic heterocycles. The van der Waals surface area contributed by atoms with Crippen molar-refractivity contribution < 1.29 is 19.3 Å². The molecule has 0 saturated heterocycles. The van der Waals surface area contributed by atoms with Crippen molar-refractivity contribution in [2.24, 2.45) is 0 Å². The summed E-state index contributed by atoms with van der Waals surface area (Å²) in [6, 6.07) is 8.34. The van der Waals surface area contributed by atoms with Crippen molar-refractivity contribution in [3.63, 3.8) is 0 Å². The highest BCUT2D eigenvalue weighted by atomic mass is 16.5. The van der Waals surface area contributed by atoms with Crippen molar-refractivity contribution in [2.45, 2.75) is 31.6 Å². The minimum atomic E-state index is -0.493. The first-order chi connectivity index (χ1) is 10.3. The van der Waals surface area contributed by atoms with E-state index < -0.39 is 6.10 Å². The summed E-state index contributed by atoms with van der Waals surface area (Å²) in [6.45, 7) is 2.48. The SMILES string of the molecule is COCCOCc1ccccc1OCC(O)CNC1CC1.